The van der Waals surface area contributed by atoms with Crippen molar-refractivity contribution in [2.45, 2.75) is 12.6 Å². The van der Waals surface area contributed by atoms with Gasteiger partial charge in [0.2, 0.25) is 5.91 Å². The zero-order valence-corrected chi connectivity index (χ0v) is 21.9. The summed E-state index contributed by atoms with van der Waals surface area (Å²) in [5.74, 6) is 0.706. The topological polar surface area (TPSA) is 103 Å². The van der Waals surface area contributed by atoms with E-state index in [0.717, 1.165) is 5.56 Å². The third kappa shape index (κ3) is 6.19. The van der Waals surface area contributed by atoms with Gasteiger partial charge in [0.05, 0.1) is 34.8 Å². The number of benzene rings is 3. The van der Waals surface area contributed by atoms with E-state index >= 15 is 0 Å². The van der Waals surface area contributed by atoms with Gasteiger partial charge in [0.25, 0.3) is 0 Å². The molecule has 1 aromatic heterocycles. The molecular formula is C28H27ClFN5O3. The van der Waals surface area contributed by atoms with Gasteiger partial charge in [0.1, 0.15) is 36.1 Å². The van der Waals surface area contributed by atoms with E-state index in [4.69, 9.17) is 26.8 Å². The number of hydrogen-bond acceptors (Lipinski definition) is 7. The van der Waals surface area contributed by atoms with Crippen molar-refractivity contribution in [2.75, 3.05) is 26.5 Å². The number of methoxy groups -OCH3 is 1. The second-order valence-corrected chi connectivity index (χ2v) is 9.07. The van der Waals surface area contributed by atoms with E-state index in [1.54, 1.807) is 43.5 Å². The number of amides is 1. The highest BCUT2D eigenvalue weighted by atomic mass is 35.5. The number of fused-ring (bicyclic) bond motifs is 1. The van der Waals surface area contributed by atoms with Gasteiger partial charge in [0, 0.05) is 17.7 Å². The van der Waals surface area contributed by atoms with Crippen LogP contribution in [0, 0.1) is 5.82 Å². The molecule has 1 unspecified atom stereocenters. The fraction of sp³-hybridized carbons (Fsp3) is 0.179. The van der Waals surface area contributed by atoms with Gasteiger partial charge in [-0.1, -0.05) is 35.9 Å². The number of carbonyl (C=O) groups excluding carboxylic acids is 1. The van der Waals surface area contributed by atoms with Gasteiger partial charge in [-0.15, -0.1) is 0 Å². The largest absolute Gasteiger partial charge is 0.496 e. The number of ether oxygens (including phenoxy) is 2. The van der Waals surface area contributed by atoms with Crippen LogP contribution in [-0.2, 0) is 11.4 Å². The maximum absolute atomic E-state index is 13.4. The molecule has 10 heteroatoms. The van der Waals surface area contributed by atoms with Gasteiger partial charge in [-0.05, 0) is 50.0 Å². The van der Waals surface area contributed by atoms with E-state index in [2.05, 4.69) is 15.3 Å². The molecule has 0 radical (unpaired) electrons. The SMILES string of the molecule is COc1c(C(/C=C/C(N)=O)N(C)C)ccc2ncnc(Nc3ccc(OCc4cccc(F)c4)cc3Cl)c12. The molecule has 0 aliphatic rings. The van der Waals surface area contributed by atoms with Gasteiger partial charge >= 0.3 is 0 Å². The fourth-order valence-electron chi connectivity index (χ4n) is 4.03. The molecule has 0 aliphatic heterocycles. The lowest BCUT2D eigenvalue weighted by Gasteiger charge is -2.24. The van der Waals surface area contributed by atoms with Crippen LogP contribution < -0.4 is 20.5 Å². The number of carbonyl (C=O) groups is 1. The van der Waals surface area contributed by atoms with Crippen LogP contribution in [0.1, 0.15) is 17.2 Å². The normalized spacial score (nSPS) is 12.2. The van der Waals surface area contributed by atoms with Crippen LogP contribution in [0.4, 0.5) is 15.9 Å². The van der Waals surface area contributed by atoms with Crippen LogP contribution in [0.3, 0.4) is 0 Å². The van der Waals surface area contributed by atoms with E-state index in [9.17, 15) is 9.18 Å². The summed E-state index contributed by atoms with van der Waals surface area (Å²) in [6, 6.07) is 14.9. The zero-order valence-electron chi connectivity index (χ0n) is 21.1. The molecule has 3 aromatic carbocycles. The molecule has 8 nitrogen and oxygen atoms in total. The average molecular weight is 536 g/mol. The maximum atomic E-state index is 13.4. The Kier molecular flexibility index (Phi) is 8.40. The van der Waals surface area contributed by atoms with Crippen LogP contribution in [-0.4, -0.2) is 42.0 Å². The Bertz CT molecular complexity index is 1500. The summed E-state index contributed by atoms with van der Waals surface area (Å²) in [7, 11) is 5.34. The van der Waals surface area contributed by atoms with Crippen molar-refractivity contribution >= 4 is 39.9 Å². The van der Waals surface area contributed by atoms with Crippen molar-refractivity contribution in [1.82, 2.24) is 14.9 Å². The molecule has 3 N–H and O–H groups in total. The van der Waals surface area contributed by atoms with Gasteiger partial charge in [-0.2, -0.15) is 0 Å². The summed E-state index contributed by atoms with van der Waals surface area (Å²) in [6.07, 6.45) is 4.49. The fourth-order valence-corrected chi connectivity index (χ4v) is 4.25. The first kappa shape index (κ1) is 26.8. The number of aromatic nitrogens is 2. The van der Waals surface area contributed by atoms with Crippen molar-refractivity contribution in [2.24, 2.45) is 5.73 Å². The summed E-state index contributed by atoms with van der Waals surface area (Å²) >= 11 is 6.57. The first-order chi connectivity index (χ1) is 18.3. The predicted octanol–water partition coefficient (Wildman–Crippen LogP) is 5.40. The summed E-state index contributed by atoms with van der Waals surface area (Å²) in [5, 5.41) is 4.32. The smallest absolute Gasteiger partial charge is 0.241 e. The molecule has 0 aliphatic carbocycles. The van der Waals surface area contributed by atoms with Gasteiger partial charge in [-0.3, -0.25) is 9.69 Å². The van der Waals surface area contributed by atoms with E-state index in [1.165, 1.54) is 24.5 Å². The molecule has 4 rings (SSSR count). The van der Waals surface area contributed by atoms with Crippen molar-refractivity contribution in [3.8, 4) is 11.5 Å². The lowest BCUT2D eigenvalue weighted by Crippen LogP contribution is -2.20. The Hall–Kier alpha value is -4.21. The molecule has 0 spiro atoms. The number of likely N-dealkylation sites (N-methyl/N-ethyl adjacent to an activating group) is 1. The second-order valence-electron chi connectivity index (χ2n) is 8.66. The Morgan fingerprint density at radius 3 is 2.68 bits per heavy atom. The number of nitrogens with two attached hydrogens (primary N) is 1. The molecule has 0 saturated carbocycles. The van der Waals surface area contributed by atoms with E-state index in [1.807, 2.05) is 31.1 Å². The molecule has 1 amide bonds. The number of rotatable bonds is 10. The molecule has 1 atom stereocenters. The Morgan fingerprint density at radius 2 is 2.00 bits per heavy atom. The highest BCUT2D eigenvalue weighted by Crippen LogP contribution is 2.40. The van der Waals surface area contributed by atoms with Crippen LogP contribution in [0.2, 0.25) is 5.02 Å². The number of hydrogen-bond donors (Lipinski definition) is 2. The third-order valence-corrected chi connectivity index (χ3v) is 6.11. The molecule has 0 saturated heterocycles. The number of halogens is 2. The number of nitrogens with zero attached hydrogens (tertiary/aromatic N) is 3. The van der Waals surface area contributed by atoms with Crippen molar-refractivity contribution in [1.29, 1.82) is 0 Å². The predicted molar refractivity (Wildman–Crippen MR) is 146 cm³/mol. The molecule has 38 heavy (non-hydrogen) atoms. The third-order valence-electron chi connectivity index (χ3n) is 5.80. The summed E-state index contributed by atoms with van der Waals surface area (Å²) in [6.45, 7) is 0.203. The molecule has 4 aromatic rings. The van der Waals surface area contributed by atoms with Crippen LogP contribution in [0.15, 0.2) is 73.1 Å². The molecule has 0 bridgehead atoms. The number of nitrogens with one attached hydrogen (secondary N) is 1. The zero-order chi connectivity index (χ0) is 27.2. The van der Waals surface area contributed by atoms with Gasteiger partial charge < -0.3 is 20.5 Å². The minimum absolute atomic E-state index is 0.203. The standard InChI is InChI=1S/C28H27ClFN5O3/c1-35(2)24(11-12-25(31)36)20-8-10-23-26(27(20)37-3)28(33-16-32-23)34-22-9-7-19(14-21(22)29)38-15-17-5-4-6-18(30)13-17/h4-14,16,24H,15H2,1-3H3,(H2,31,36)(H,32,33,34)/b12-11+. The Balaban J connectivity index is 1.66. The summed E-state index contributed by atoms with van der Waals surface area (Å²) in [5.41, 5.74) is 8.09. The Morgan fingerprint density at radius 1 is 1.18 bits per heavy atom. The monoisotopic (exact) mass is 535 g/mol. The molecule has 196 valence electrons. The highest BCUT2D eigenvalue weighted by molar-refractivity contribution is 6.33. The first-order valence-corrected chi connectivity index (χ1v) is 12.0. The average Bonchev–Trinajstić information content (AvgIpc) is 2.88. The van der Waals surface area contributed by atoms with Gasteiger partial charge in [0.15, 0.2) is 0 Å². The summed E-state index contributed by atoms with van der Waals surface area (Å²) in [4.78, 5) is 22.1. The van der Waals surface area contributed by atoms with Gasteiger partial charge in [-0.25, -0.2) is 14.4 Å². The van der Waals surface area contributed by atoms with E-state index < -0.39 is 5.91 Å². The molecule has 0 fully saturated rings. The maximum Gasteiger partial charge on any atom is 0.241 e. The first-order valence-electron chi connectivity index (χ1n) is 11.7. The minimum atomic E-state index is -0.541. The Labute approximate surface area is 224 Å². The number of primary amides is 1. The molecule has 1 heterocycles. The van der Waals surface area contributed by atoms with Crippen LogP contribution >= 0.6 is 11.6 Å². The summed E-state index contributed by atoms with van der Waals surface area (Å²) < 4.78 is 25.0. The highest BCUT2D eigenvalue weighted by Gasteiger charge is 2.21. The molecular weight excluding hydrogens is 509 g/mol. The second kappa shape index (κ2) is 11.9. The van der Waals surface area contributed by atoms with Crippen LogP contribution in [0.5, 0.6) is 11.5 Å². The van der Waals surface area contributed by atoms with Crippen molar-refractivity contribution < 1.29 is 18.7 Å². The lowest BCUT2D eigenvalue weighted by molar-refractivity contribution is -0.113. The number of anilines is 2. The van der Waals surface area contributed by atoms with E-state index in [0.29, 0.717) is 44.5 Å². The minimum Gasteiger partial charge on any atom is -0.496 e. The van der Waals surface area contributed by atoms with Crippen molar-refractivity contribution in [3.63, 3.8) is 0 Å². The quantitative estimate of drug-likeness (QED) is 0.262. The van der Waals surface area contributed by atoms with Crippen LogP contribution in [0.25, 0.3) is 10.9 Å². The van der Waals surface area contributed by atoms with E-state index in [-0.39, 0.29) is 18.5 Å². The van der Waals surface area contributed by atoms with Crippen molar-refractivity contribution in [3.05, 3.63) is 95.0 Å². The lowest BCUT2D eigenvalue weighted by atomic mass is 10.0.